The zero-order valence-corrected chi connectivity index (χ0v) is 23.3. The van der Waals surface area contributed by atoms with Gasteiger partial charge in [-0.15, -0.1) is 6.58 Å². The van der Waals surface area contributed by atoms with Gasteiger partial charge in [-0.2, -0.15) is 9.78 Å². The smallest absolute Gasteiger partial charge is 0.282 e. The van der Waals surface area contributed by atoms with E-state index in [9.17, 15) is 14.9 Å². The lowest BCUT2D eigenvalue weighted by Gasteiger charge is -2.16. The molecular weight excluding hydrogens is 564 g/mol. The molecule has 0 fully saturated rings. The van der Waals surface area contributed by atoms with Crippen LogP contribution in [0, 0.1) is 10.1 Å². The van der Waals surface area contributed by atoms with Crippen LogP contribution in [-0.2, 0) is 13.0 Å². The fourth-order valence-electron chi connectivity index (χ4n) is 4.07. The highest BCUT2D eigenvalue weighted by Gasteiger charge is 2.16. The minimum atomic E-state index is -0.443. The number of nitro benzene ring substituents is 1. The van der Waals surface area contributed by atoms with Gasteiger partial charge >= 0.3 is 0 Å². The van der Waals surface area contributed by atoms with Crippen molar-refractivity contribution in [3.63, 3.8) is 0 Å². The van der Waals surface area contributed by atoms with E-state index in [2.05, 4.69) is 32.6 Å². The van der Waals surface area contributed by atoms with Gasteiger partial charge < -0.3 is 9.47 Å². The summed E-state index contributed by atoms with van der Waals surface area (Å²) in [5.74, 6) is 1.45. The van der Waals surface area contributed by atoms with Crippen LogP contribution in [0.3, 0.4) is 0 Å². The molecule has 0 aliphatic carbocycles. The van der Waals surface area contributed by atoms with E-state index in [1.807, 2.05) is 26.0 Å². The summed E-state index contributed by atoms with van der Waals surface area (Å²) in [5.41, 5.74) is 2.45. The Hall–Kier alpha value is -4.31. The van der Waals surface area contributed by atoms with Crippen LogP contribution in [0.5, 0.6) is 11.5 Å². The normalized spacial score (nSPS) is 11.3. The highest BCUT2D eigenvalue weighted by Crippen LogP contribution is 2.34. The average Bonchev–Trinajstić information content (AvgIpc) is 2.92. The van der Waals surface area contributed by atoms with Gasteiger partial charge in [-0.05, 0) is 47.9 Å². The molecule has 10 heteroatoms. The second kappa shape index (κ2) is 12.0. The Bertz CT molecular complexity index is 1650. The molecular formula is C29H27BrN4O5. The van der Waals surface area contributed by atoms with Crippen molar-refractivity contribution < 1.29 is 14.4 Å². The molecule has 0 spiro atoms. The third kappa shape index (κ3) is 6.23. The minimum Gasteiger partial charge on any atom is -0.493 e. The maximum Gasteiger partial charge on any atom is 0.282 e. The van der Waals surface area contributed by atoms with E-state index in [-0.39, 0.29) is 23.8 Å². The van der Waals surface area contributed by atoms with E-state index in [0.29, 0.717) is 45.8 Å². The number of hydrogen-bond acceptors (Lipinski definition) is 7. The third-order valence-corrected chi connectivity index (χ3v) is 6.41. The molecule has 0 amide bonds. The molecule has 0 aliphatic heterocycles. The first-order valence-corrected chi connectivity index (χ1v) is 13.0. The Kier molecular flexibility index (Phi) is 8.55. The van der Waals surface area contributed by atoms with Gasteiger partial charge in [0.15, 0.2) is 11.5 Å². The number of rotatable bonds is 10. The van der Waals surface area contributed by atoms with Crippen molar-refractivity contribution in [3.8, 4) is 11.5 Å². The second-order valence-corrected chi connectivity index (χ2v) is 9.98. The molecule has 0 radical (unpaired) electrons. The van der Waals surface area contributed by atoms with Crippen LogP contribution in [0.15, 0.2) is 81.6 Å². The molecule has 4 rings (SSSR count). The van der Waals surface area contributed by atoms with Crippen LogP contribution in [-0.4, -0.2) is 27.9 Å². The number of fused-ring (bicyclic) bond motifs is 1. The first kappa shape index (κ1) is 27.7. The average molecular weight is 591 g/mol. The summed E-state index contributed by atoms with van der Waals surface area (Å²) in [6.07, 6.45) is 3.80. The number of aromatic nitrogens is 2. The van der Waals surface area contributed by atoms with Gasteiger partial charge in [0.1, 0.15) is 12.4 Å². The van der Waals surface area contributed by atoms with Gasteiger partial charge in [0, 0.05) is 28.1 Å². The number of halogens is 1. The summed E-state index contributed by atoms with van der Waals surface area (Å²) < 4.78 is 13.8. The van der Waals surface area contributed by atoms with E-state index in [1.165, 1.54) is 23.9 Å². The fourth-order valence-corrected chi connectivity index (χ4v) is 4.43. The Balaban J connectivity index is 1.72. The Labute approximate surface area is 233 Å². The first-order valence-electron chi connectivity index (χ1n) is 12.2. The van der Waals surface area contributed by atoms with Crippen molar-refractivity contribution in [2.45, 2.75) is 32.8 Å². The van der Waals surface area contributed by atoms with Gasteiger partial charge in [-0.25, -0.2) is 4.98 Å². The molecule has 3 aromatic carbocycles. The molecule has 4 aromatic rings. The molecule has 0 bridgehead atoms. The number of methoxy groups -OCH3 is 1. The molecule has 1 heterocycles. The van der Waals surface area contributed by atoms with Crippen molar-refractivity contribution in [2.24, 2.45) is 5.10 Å². The monoisotopic (exact) mass is 590 g/mol. The summed E-state index contributed by atoms with van der Waals surface area (Å²) >= 11 is 3.42. The van der Waals surface area contributed by atoms with Crippen LogP contribution in [0.4, 0.5) is 5.69 Å². The number of benzene rings is 3. The number of nitro groups is 1. The molecule has 0 aliphatic rings. The van der Waals surface area contributed by atoms with E-state index < -0.39 is 4.92 Å². The van der Waals surface area contributed by atoms with Crippen molar-refractivity contribution in [1.82, 2.24) is 9.66 Å². The molecule has 0 N–H and O–H groups in total. The van der Waals surface area contributed by atoms with Gasteiger partial charge in [0.25, 0.3) is 11.2 Å². The predicted octanol–water partition coefficient (Wildman–Crippen LogP) is 6.39. The van der Waals surface area contributed by atoms with Crippen molar-refractivity contribution in [1.29, 1.82) is 0 Å². The van der Waals surface area contributed by atoms with Crippen molar-refractivity contribution in [2.75, 3.05) is 7.11 Å². The highest BCUT2D eigenvalue weighted by atomic mass is 79.9. The van der Waals surface area contributed by atoms with Gasteiger partial charge in [-0.3, -0.25) is 14.9 Å². The lowest BCUT2D eigenvalue weighted by Crippen LogP contribution is -2.23. The van der Waals surface area contributed by atoms with Crippen LogP contribution in [0.25, 0.3) is 10.9 Å². The zero-order chi connectivity index (χ0) is 28.1. The van der Waals surface area contributed by atoms with Gasteiger partial charge in [0.05, 0.1) is 29.2 Å². The van der Waals surface area contributed by atoms with E-state index in [0.717, 1.165) is 10.0 Å². The molecule has 0 saturated carbocycles. The summed E-state index contributed by atoms with van der Waals surface area (Å²) in [7, 11) is 1.53. The fraction of sp³-hybridized carbons (Fsp3) is 0.207. The van der Waals surface area contributed by atoms with E-state index in [4.69, 9.17) is 9.47 Å². The lowest BCUT2D eigenvalue weighted by molar-refractivity contribution is -0.384. The quantitative estimate of drug-likeness (QED) is 0.0916. The lowest BCUT2D eigenvalue weighted by atomic mass is 10.1. The molecule has 0 unspecified atom stereocenters. The summed E-state index contributed by atoms with van der Waals surface area (Å²) in [6.45, 7) is 7.86. The van der Waals surface area contributed by atoms with Crippen LogP contribution in [0.1, 0.15) is 42.3 Å². The molecule has 0 atom stereocenters. The van der Waals surface area contributed by atoms with Crippen molar-refractivity contribution in [3.05, 3.63) is 115 Å². The highest BCUT2D eigenvalue weighted by molar-refractivity contribution is 9.10. The summed E-state index contributed by atoms with van der Waals surface area (Å²) in [5, 5.41) is 16.1. The number of hydrogen-bond donors (Lipinski definition) is 0. The molecule has 200 valence electrons. The second-order valence-electron chi connectivity index (χ2n) is 9.07. The molecule has 39 heavy (non-hydrogen) atoms. The van der Waals surface area contributed by atoms with E-state index in [1.54, 1.807) is 42.6 Å². The Morgan fingerprint density at radius 2 is 2.00 bits per heavy atom. The standard InChI is InChI=1S/C29H27BrN4O5/c1-5-7-21-12-20(14-26(38-4)27(21)39-17-19-8-6-9-23(13-19)34(36)37)16-31-33-28(18(2)3)32-25-11-10-22(30)15-24(25)29(33)35/h5-6,8-16,18H,1,7,17H2,2-4H3. The topological polar surface area (TPSA) is 109 Å². The van der Waals surface area contributed by atoms with Gasteiger partial charge in [-0.1, -0.05) is 48.0 Å². The Morgan fingerprint density at radius 3 is 2.69 bits per heavy atom. The van der Waals surface area contributed by atoms with Crippen LogP contribution in [0.2, 0.25) is 0 Å². The molecule has 9 nitrogen and oxygen atoms in total. The largest absolute Gasteiger partial charge is 0.493 e. The molecule has 1 aromatic heterocycles. The van der Waals surface area contributed by atoms with Crippen molar-refractivity contribution >= 4 is 38.7 Å². The predicted molar refractivity (Wildman–Crippen MR) is 155 cm³/mol. The van der Waals surface area contributed by atoms with Crippen LogP contribution < -0.4 is 15.0 Å². The number of nitrogens with zero attached hydrogens (tertiary/aromatic N) is 4. The summed E-state index contributed by atoms with van der Waals surface area (Å²) in [4.78, 5) is 28.7. The zero-order valence-electron chi connectivity index (χ0n) is 21.8. The number of allylic oxidation sites excluding steroid dienone is 1. The maximum atomic E-state index is 13.3. The first-order chi connectivity index (χ1) is 18.7. The SMILES string of the molecule is C=CCc1cc(C=Nn2c(C(C)C)nc3ccc(Br)cc3c2=O)cc(OC)c1OCc1cccc([N+](=O)[O-])c1. The third-order valence-electron chi connectivity index (χ3n) is 5.91. The maximum absolute atomic E-state index is 13.3. The van der Waals surface area contributed by atoms with Crippen LogP contribution >= 0.6 is 15.9 Å². The number of non-ortho nitro benzene ring substituents is 1. The number of ether oxygens (including phenoxy) is 2. The minimum absolute atomic E-state index is 0.00696. The Morgan fingerprint density at radius 1 is 1.21 bits per heavy atom. The summed E-state index contributed by atoms with van der Waals surface area (Å²) in [6, 6.07) is 15.3. The molecule has 0 saturated heterocycles. The van der Waals surface area contributed by atoms with E-state index >= 15 is 0 Å². The van der Waals surface area contributed by atoms with Gasteiger partial charge in [0.2, 0.25) is 0 Å².